The summed E-state index contributed by atoms with van der Waals surface area (Å²) in [6.07, 6.45) is 3.73. The molecule has 0 atom stereocenters. The normalized spacial score (nSPS) is 12.2. The Bertz CT molecular complexity index is 819. The fourth-order valence-electron chi connectivity index (χ4n) is 2.10. The van der Waals surface area contributed by atoms with E-state index in [-0.39, 0.29) is 0 Å². The van der Waals surface area contributed by atoms with Crippen LogP contribution in [0.25, 0.3) is 6.08 Å². The SMILES string of the molecule is CN(C)CCC(/C=C/c1ccccc1)=N\Nc1c(F)c(F)c(F)c(F)c1F. The fraction of sp³-hybridized carbons (Fsp3) is 0.211. The quantitative estimate of drug-likeness (QED) is 0.244. The second kappa shape index (κ2) is 9.27. The molecule has 2 rings (SSSR count). The van der Waals surface area contributed by atoms with Gasteiger partial charge in [-0.05, 0) is 25.7 Å². The molecule has 0 unspecified atom stereocenters. The number of hydrogen-bond acceptors (Lipinski definition) is 3. The molecular formula is C19H18F5N3. The van der Waals surface area contributed by atoms with Crippen LogP contribution in [0.2, 0.25) is 0 Å². The lowest BCUT2D eigenvalue weighted by molar-refractivity contribution is 0.381. The van der Waals surface area contributed by atoms with Crippen molar-refractivity contribution in [2.24, 2.45) is 5.10 Å². The Morgan fingerprint density at radius 3 is 2.04 bits per heavy atom. The van der Waals surface area contributed by atoms with Gasteiger partial charge in [0.15, 0.2) is 23.3 Å². The zero-order valence-electron chi connectivity index (χ0n) is 14.7. The van der Waals surface area contributed by atoms with Crippen molar-refractivity contribution in [1.82, 2.24) is 4.90 Å². The van der Waals surface area contributed by atoms with E-state index in [0.717, 1.165) is 5.56 Å². The van der Waals surface area contributed by atoms with Gasteiger partial charge in [0.25, 0.3) is 0 Å². The first-order valence-electron chi connectivity index (χ1n) is 8.03. The van der Waals surface area contributed by atoms with Gasteiger partial charge in [0.1, 0.15) is 5.69 Å². The van der Waals surface area contributed by atoms with Crippen molar-refractivity contribution in [3.05, 3.63) is 71.1 Å². The zero-order valence-corrected chi connectivity index (χ0v) is 14.7. The number of nitrogens with one attached hydrogen (secondary N) is 1. The number of rotatable bonds is 7. The number of halogens is 5. The number of hydrogen-bond donors (Lipinski definition) is 1. The third kappa shape index (κ3) is 5.37. The second-order valence-corrected chi connectivity index (χ2v) is 5.96. The van der Waals surface area contributed by atoms with Crippen LogP contribution >= 0.6 is 0 Å². The maximum absolute atomic E-state index is 13.7. The summed E-state index contributed by atoms with van der Waals surface area (Å²) >= 11 is 0. The standard InChI is InChI=1S/C19H18F5N3/c1-27(2)11-10-13(9-8-12-6-4-3-5-7-12)25-26-19-17(23)15(21)14(20)16(22)18(19)24/h3-9,26H,10-11H2,1-2H3/b9-8+,25-13-. The Morgan fingerprint density at radius 1 is 0.926 bits per heavy atom. The fourth-order valence-corrected chi connectivity index (χ4v) is 2.10. The Labute approximate surface area is 153 Å². The molecule has 0 fully saturated rings. The average molecular weight is 383 g/mol. The smallest absolute Gasteiger partial charge is 0.200 e. The topological polar surface area (TPSA) is 27.6 Å². The molecule has 2 aromatic carbocycles. The van der Waals surface area contributed by atoms with E-state index in [4.69, 9.17) is 0 Å². The highest BCUT2D eigenvalue weighted by atomic mass is 19.2. The molecule has 3 nitrogen and oxygen atoms in total. The monoisotopic (exact) mass is 383 g/mol. The largest absolute Gasteiger partial charge is 0.309 e. The van der Waals surface area contributed by atoms with Crippen LogP contribution in [-0.2, 0) is 0 Å². The van der Waals surface area contributed by atoms with Gasteiger partial charge in [-0.25, -0.2) is 22.0 Å². The first-order valence-corrected chi connectivity index (χ1v) is 8.03. The van der Waals surface area contributed by atoms with Crippen LogP contribution in [-0.4, -0.2) is 31.3 Å². The van der Waals surface area contributed by atoms with E-state index in [9.17, 15) is 22.0 Å². The van der Waals surface area contributed by atoms with Crippen molar-refractivity contribution < 1.29 is 22.0 Å². The summed E-state index contributed by atoms with van der Waals surface area (Å²) in [7, 11) is 3.66. The van der Waals surface area contributed by atoms with Crippen molar-refractivity contribution >= 4 is 17.5 Å². The Balaban J connectivity index is 2.31. The molecule has 8 heteroatoms. The van der Waals surface area contributed by atoms with Gasteiger partial charge in [0.05, 0.1) is 5.71 Å². The van der Waals surface area contributed by atoms with Gasteiger partial charge < -0.3 is 4.90 Å². The van der Waals surface area contributed by atoms with Crippen molar-refractivity contribution in [2.75, 3.05) is 26.1 Å². The third-order valence-electron chi connectivity index (χ3n) is 3.60. The van der Waals surface area contributed by atoms with Gasteiger partial charge in [0.2, 0.25) is 5.82 Å². The van der Waals surface area contributed by atoms with Gasteiger partial charge in [-0.3, -0.25) is 5.43 Å². The van der Waals surface area contributed by atoms with Gasteiger partial charge in [-0.2, -0.15) is 5.10 Å². The van der Waals surface area contributed by atoms with Crippen molar-refractivity contribution in [3.63, 3.8) is 0 Å². The lowest BCUT2D eigenvalue weighted by Gasteiger charge is -2.11. The average Bonchev–Trinajstić information content (AvgIpc) is 2.66. The summed E-state index contributed by atoms with van der Waals surface area (Å²) in [5.41, 5.74) is 2.02. The molecule has 0 aliphatic heterocycles. The molecule has 0 bridgehead atoms. The van der Waals surface area contributed by atoms with Gasteiger partial charge in [-0.15, -0.1) is 0 Å². The number of anilines is 1. The van der Waals surface area contributed by atoms with Crippen molar-refractivity contribution in [3.8, 4) is 0 Å². The summed E-state index contributed by atoms with van der Waals surface area (Å²) in [5, 5.41) is 3.83. The lowest BCUT2D eigenvalue weighted by atomic mass is 10.1. The van der Waals surface area contributed by atoms with Crippen molar-refractivity contribution in [2.45, 2.75) is 6.42 Å². The van der Waals surface area contributed by atoms with Gasteiger partial charge >= 0.3 is 0 Å². The van der Waals surface area contributed by atoms with Crippen LogP contribution in [0.15, 0.2) is 41.5 Å². The maximum atomic E-state index is 13.7. The van der Waals surface area contributed by atoms with E-state index >= 15 is 0 Å². The van der Waals surface area contributed by atoms with Crippen LogP contribution in [0.5, 0.6) is 0 Å². The highest BCUT2D eigenvalue weighted by molar-refractivity contribution is 5.98. The van der Waals surface area contributed by atoms with E-state index < -0.39 is 34.8 Å². The van der Waals surface area contributed by atoms with E-state index in [1.165, 1.54) is 0 Å². The molecule has 0 amide bonds. The second-order valence-electron chi connectivity index (χ2n) is 5.96. The summed E-state index contributed by atoms with van der Waals surface area (Å²) in [5.74, 6) is -10.2. The molecule has 0 spiro atoms. The molecule has 0 aliphatic rings. The molecule has 0 saturated carbocycles. The molecule has 2 aromatic rings. The van der Waals surface area contributed by atoms with Gasteiger partial charge in [0, 0.05) is 13.0 Å². The first kappa shape index (κ1) is 20.6. The molecule has 27 heavy (non-hydrogen) atoms. The minimum absolute atomic E-state index is 0.372. The molecule has 0 saturated heterocycles. The number of nitrogens with zero attached hydrogens (tertiary/aromatic N) is 2. The Morgan fingerprint density at radius 2 is 1.48 bits per heavy atom. The molecule has 0 heterocycles. The van der Waals surface area contributed by atoms with E-state index in [2.05, 4.69) is 5.10 Å². The third-order valence-corrected chi connectivity index (χ3v) is 3.60. The summed E-state index contributed by atoms with van der Waals surface area (Å²) in [6.45, 7) is 0.566. The van der Waals surface area contributed by atoms with Gasteiger partial charge in [-0.1, -0.05) is 36.4 Å². The molecule has 0 radical (unpaired) electrons. The predicted octanol–water partition coefficient (Wildman–Crippen LogP) is 4.82. The van der Waals surface area contributed by atoms with Crippen LogP contribution in [0.1, 0.15) is 12.0 Å². The van der Waals surface area contributed by atoms with Crippen LogP contribution < -0.4 is 5.43 Å². The number of benzene rings is 2. The predicted molar refractivity (Wildman–Crippen MR) is 95.9 cm³/mol. The molecule has 1 N–H and O–H groups in total. The van der Waals surface area contributed by atoms with E-state index in [1.807, 2.05) is 54.8 Å². The molecule has 0 aromatic heterocycles. The minimum atomic E-state index is -2.21. The minimum Gasteiger partial charge on any atom is -0.309 e. The molecular weight excluding hydrogens is 365 g/mol. The maximum Gasteiger partial charge on any atom is 0.200 e. The summed E-state index contributed by atoms with van der Waals surface area (Å²) in [6, 6.07) is 9.21. The highest BCUT2D eigenvalue weighted by Gasteiger charge is 2.25. The molecule has 0 aliphatic carbocycles. The Hall–Kier alpha value is -2.74. The van der Waals surface area contributed by atoms with Crippen LogP contribution in [0.3, 0.4) is 0 Å². The first-order chi connectivity index (χ1) is 12.8. The zero-order chi connectivity index (χ0) is 20.0. The van der Waals surface area contributed by atoms with E-state index in [1.54, 1.807) is 12.2 Å². The summed E-state index contributed by atoms with van der Waals surface area (Å²) < 4.78 is 67.1. The molecule has 144 valence electrons. The Kier molecular flexibility index (Phi) is 7.06. The number of allylic oxidation sites excluding steroid dienone is 1. The lowest BCUT2D eigenvalue weighted by Crippen LogP contribution is -2.16. The van der Waals surface area contributed by atoms with Crippen LogP contribution in [0, 0.1) is 29.1 Å². The summed E-state index contributed by atoms with van der Waals surface area (Å²) in [4.78, 5) is 1.87. The number of hydrazone groups is 1. The van der Waals surface area contributed by atoms with E-state index in [0.29, 0.717) is 18.7 Å². The van der Waals surface area contributed by atoms with Crippen molar-refractivity contribution in [1.29, 1.82) is 0 Å². The highest BCUT2D eigenvalue weighted by Crippen LogP contribution is 2.27. The van der Waals surface area contributed by atoms with Crippen LogP contribution in [0.4, 0.5) is 27.6 Å².